The first-order valence-electron chi connectivity index (χ1n) is 7.26. The van der Waals surface area contributed by atoms with E-state index in [-0.39, 0.29) is 17.7 Å². The van der Waals surface area contributed by atoms with Gasteiger partial charge >= 0.3 is 0 Å². The van der Waals surface area contributed by atoms with Crippen molar-refractivity contribution in [1.29, 1.82) is 0 Å². The van der Waals surface area contributed by atoms with Gasteiger partial charge in [0.05, 0.1) is 0 Å². The Morgan fingerprint density at radius 2 is 1.86 bits per heavy atom. The molecule has 1 rings (SSSR count). The van der Waals surface area contributed by atoms with Crippen molar-refractivity contribution >= 4 is 0 Å². The molecule has 0 saturated heterocycles. The molecular formula is C18H23F2N. The van der Waals surface area contributed by atoms with Crippen molar-refractivity contribution in [3.8, 4) is 0 Å². The predicted molar refractivity (Wildman–Crippen MR) is 85.2 cm³/mol. The zero-order valence-corrected chi connectivity index (χ0v) is 12.7. The van der Waals surface area contributed by atoms with Crippen molar-refractivity contribution in [1.82, 2.24) is 4.90 Å². The van der Waals surface area contributed by atoms with Crippen LogP contribution in [0.15, 0.2) is 61.0 Å². The molecule has 21 heavy (non-hydrogen) atoms. The lowest BCUT2D eigenvalue weighted by Crippen LogP contribution is -2.28. The average Bonchev–Trinajstić information content (AvgIpc) is 2.48. The van der Waals surface area contributed by atoms with E-state index in [9.17, 15) is 8.78 Å². The van der Waals surface area contributed by atoms with Crippen LogP contribution in [0, 0.1) is 5.82 Å². The molecule has 0 bridgehead atoms. The smallest absolute Gasteiger partial charge is 0.123 e. The summed E-state index contributed by atoms with van der Waals surface area (Å²) in [7, 11) is 0. The number of nitrogens with zero attached hydrogens (tertiary/aromatic N) is 1. The van der Waals surface area contributed by atoms with Crippen LogP contribution in [0.2, 0.25) is 0 Å². The zero-order chi connectivity index (χ0) is 15.7. The summed E-state index contributed by atoms with van der Waals surface area (Å²) in [5.74, 6) is -0.560. The third-order valence-corrected chi connectivity index (χ3v) is 3.42. The van der Waals surface area contributed by atoms with Gasteiger partial charge in [-0.15, -0.1) is 0 Å². The second kappa shape index (κ2) is 9.24. The van der Waals surface area contributed by atoms with Crippen LogP contribution in [0.4, 0.5) is 8.78 Å². The fourth-order valence-electron chi connectivity index (χ4n) is 2.32. The molecule has 0 fully saturated rings. The second-order valence-corrected chi connectivity index (χ2v) is 4.71. The van der Waals surface area contributed by atoms with Crippen LogP contribution in [-0.2, 0) is 0 Å². The molecule has 0 aliphatic carbocycles. The van der Waals surface area contributed by atoms with Crippen LogP contribution in [0.5, 0.6) is 0 Å². The molecule has 0 aliphatic heterocycles. The highest BCUT2D eigenvalue weighted by atomic mass is 19.1. The first-order valence-corrected chi connectivity index (χ1v) is 7.26. The Bertz CT molecular complexity index is 484. The predicted octanol–water partition coefficient (Wildman–Crippen LogP) is 5.19. The van der Waals surface area contributed by atoms with Gasteiger partial charge in [-0.3, -0.25) is 4.90 Å². The second-order valence-electron chi connectivity index (χ2n) is 4.71. The van der Waals surface area contributed by atoms with Gasteiger partial charge in [0, 0.05) is 6.04 Å². The summed E-state index contributed by atoms with van der Waals surface area (Å²) in [5, 5.41) is 0. The van der Waals surface area contributed by atoms with E-state index in [0.717, 1.165) is 18.7 Å². The monoisotopic (exact) mass is 291 g/mol. The summed E-state index contributed by atoms with van der Waals surface area (Å²) >= 11 is 0. The molecule has 1 aromatic carbocycles. The topological polar surface area (TPSA) is 3.24 Å². The molecule has 1 nitrogen and oxygen atoms in total. The number of hydrogen-bond acceptors (Lipinski definition) is 1. The highest BCUT2D eigenvalue weighted by Gasteiger charge is 2.16. The fraction of sp³-hybridized carbons (Fsp3) is 0.333. The number of hydrogen-bond donors (Lipinski definition) is 0. The third kappa shape index (κ3) is 5.64. The Morgan fingerprint density at radius 1 is 1.24 bits per heavy atom. The SMILES string of the molecule is C=C/C=C(F)\C=C/CC(c1ccc(F)cc1)N(CC)CC. The van der Waals surface area contributed by atoms with E-state index >= 15 is 0 Å². The molecule has 0 spiro atoms. The number of rotatable bonds is 8. The molecule has 114 valence electrons. The third-order valence-electron chi connectivity index (χ3n) is 3.42. The Hall–Kier alpha value is -1.74. The van der Waals surface area contributed by atoms with Gasteiger partial charge in [0.2, 0.25) is 0 Å². The van der Waals surface area contributed by atoms with Crippen molar-refractivity contribution in [3.05, 3.63) is 72.4 Å². The molecule has 0 N–H and O–H groups in total. The molecule has 0 heterocycles. The standard InChI is InChI=1S/C18H23F2N/c1-4-8-16(19)9-7-10-18(21(5-2)6-3)15-11-13-17(20)14-12-15/h4,7-9,11-14,18H,1,5-6,10H2,2-3H3/b9-7-,16-8+. The quantitative estimate of drug-likeness (QED) is 0.595. The van der Waals surface area contributed by atoms with Crippen LogP contribution in [-0.4, -0.2) is 18.0 Å². The Balaban J connectivity index is 2.90. The van der Waals surface area contributed by atoms with E-state index in [4.69, 9.17) is 0 Å². The van der Waals surface area contributed by atoms with Gasteiger partial charge in [-0.2, -0.15) is 0 Å². The Kier molecular flexibility index (Phi) is 7.62. The number of allylic oxidation sites excluding steroid dienone is 4. The highest BCUT2D eigenvalue weighted by molar-refractivity contribution is 5.22. The highest BCUT2D eigenvalue weighted by Crippen LogP contribution is 2.25. The maximum absolute atomic E-state index is 13.3. The van der Waals surface area contributed by atoms with Gasteiger partial charge in [0.1, 0.15) is 11.6 Å². The van der Waals surface area contributed by atoms with Crippen molar-refractivity contribution < 1.29 is 8.78 Å². The zero-order valence-electron chi connectivity index (χ0n) is 12.7. The van der Waals surface area contributed by atoms with Gasteiger partial charge in [0.15, 0.2) is 0 Å². The van der Waals surface area contributed by atoms with Crippen LogP contribution in [0.1, 0.15) is 31.9 Å². The van der Waals surface area contributed by atoms with Crippen molar-refractivity contribution in [3.63, 3.8) is 0 Å². The Morgan fingerprint density at radius 3 is 2.38 bits per heavy atom. The van der Waals surface area contributed by atoms with Crippen LogP contribution < -0.4 is 0 Å². The molecule has 0 aliphatic rings. The van der Waals surface area contributed by atoms with E-state index in [1.165, 1.54) is 30.4 Å². The number of benzene rings is 1. The van der Waals surface area contributed by atoms with E-state index < -0.39 is 0 Å². The molecular weight excluding hydrogens is 268 g/mol. The summed E-state index contributed by atoms with van der Waals surface area (Å²) in [6.07, 6.45) is 6.66. The summed E-state index contributed by atoms with van der Waals surface area (Å²) in [6.45, 7) is 9.40. The lowest BCUT2D eigenvalue weighted by Gasteiger charge is -2.29. The van der Waals surface area contributed by atoms with E-state index in [1.807, 2.05) is 6.08 Å². The molecule has 3 heteroatoms. The molecule has 0 radical (unpaired) electrons. The van der Waals surface area contributed by atoms with E-state index in [1.54, 1.807) is 12.1 Å². The van der Waals surface area contributed by atoms with Crippen molar-refractivity contribution in [2.45, 2.75) is 26.3 Å². The molecule has 1 atom stereocenters. The largest absolute Gasteiger partial charge is 0.297 e. The lowest BCUT2D eigenvalue weighted by atomic mass is 10.0. The molecule has 1 unspecified atom stereocenters. The average molecular weight is 291 g/mol. The minimum atomic E-state index is -0.317. The summed E-state index contributed by atoms with van der Waals surface area (Å²) in [5.41, 5.74) is 1.04. The normalized spacial score (nSPS) is 13.9. The van der Waals surface area contributed by atoms with Gasteiger partial charge in [0.25, 0.3) is 0 Å². The van der Waals surface area contributed by atoms with Gasteiger partial charge < -0.3 is 0 Å². The Labute approximate surface area is 126 Å². The first kappa shape index (κ1) is 17.3. The summed E-state index contributed by atoms with van der Waals surface area (Å²) < 4.78 is 26.4. The van der Waals surface area contributed by atoms with Gasteiger partial charge in [-0.05, 0) is 49.4 Å². The van der Waals surface area contributed by atoms with Crippen LogP contribution in [0.25, 0.3) is 0 Å². The fourth-order valence-corrected chi connectivity index (χ4v) is 2.32. The van der Waals surface area contributed by atoms with Crippen LogP contribution >= 0.6 is 0 Å². The summed E-state index contributed by atoms with van der Waals surface area (Å²) in [6, 6.07) is 6.64. The van der Waals surface area contributed by atoms with Crippen molar-refractivity contribution in [2.24, 2.45) is 0 Å². The minimum absolute atomic E-state index is 0.119. The molecule has 0 amide bonds. The van der Waals surface area contributed by atoms with Gasteiger partial charge in [-0.25, -0.2) is 8.78 Å². The van der Waals surface area contributed by atoms with E-state index in [2.05, 4.69) is 25.3 Å². The number of halogens is 2. The van der Waals surface area contributed by atoms with Crippen molar-refractivity contribution in [2.75, 3.05) is 13.1 Å². The molecule has 0 aromatic heterocycles. The maximum Gasteiger partial charge on any atom is 0.123 e. The van der Waals surface area contributed by atoms with E-state index in [0.29, 0.717) is 6.42 Å². The van der Waals surface area contributed by atoms with Gasteiger partial charge in [-0.1, -0.05) is 44.7 Å². The minimum Gasteiger partial charge on any atom is -0.297 e. The summed E-state index contributed by atoms with van der Waals surface area (Å²) in [4.78, 5) is 2.27. The maximum atomic E-state index is 13.3. The first-order chi connectivity index (χ1) is 10.1. The molecule has 0 saturated carbocycles. The lowest BCUT2D eigenvalue weighted by molar-refractivity contribution is 0.220. The van der Waals surface area contributed by atoms with Crippen LogP contribution in [0.3, 0.4) is 0 Å². The molecule has 1 aromatic rings.